The first kappa shape index (κ1) is 11.1. The molecule has 3 heteroatoms. The fourth-order valence-electron chi connectivity index (χ4n) is 2.24. The van der Waals surface area contributed by atoms with Crippen molar-refractivity contribution in [3.8, 4) is 0 Å². The SMILES string of the molecule is CCCN1C(=O)C(NCC)c2ccccc21. The van der Waals surface area contributed by atoms with Crippen molar-refractivity contribution in [2.24, 2.45) is 0 Å². The molecule has 3 nitrogen and oxygen atoms in total. The van der Waals surface area contributed by atoms with E-state index in [9.17, 15) is 4.79 Å². The Hall–Kier alpha value is -1.35. The van der Waals surface area contributed by atoms with Gasteiger partial charge >= 0.3 is 0 Å². The van der Waals surface area contributed by atoms with Crippen LogP contribution < -0.4 is 10.2 Å². The first-order valence-electron chi connectivity index (χ1n) is 5.93. The topological polar surface area (TPSA) is 32.3 Å². The van der Waals surface area contributed by atoms with Crippen LogP contribution in [0.1, 0.15) is 31.9 Å². The lowest BCUT2D eigenvalue weighted by Gasteiger charge is -2.16. The lowest BCUT2D eigenvalue weighted by molar-refractivity contribution is -0.120. The molecule has 1 aliphatic heterocycles. The highest BCUT2D eigenvalue weighted by Gasteiger charge is 2.35. The highest BCUT2D eigenvalue weighted by Crippen LogP contribution is 2.35. The number of likely N-dealkylation sites (N-methyl/N-ethyl adjacent to an activating group) is 1. The summed E-state index contributed by atoms with van der Waals surface area (Å²) in [7, 11) is 0. The third-order valence-electron chi connectivity index (χ3n) is 2.91. The number of hydrogen-bond acceptors (Lipinski definition) is 2. The maximum atomic E-state index is 12.2. The summed E-state index contributed by atoms with van der Waals surface area (Å²) in [6, 6.07) is 7.90. The minimum atomic E-state index is -0.146. The average molecular weight is 218 g/mol. The second-order valence-electron chi connectivity index (χ2n) is 4.04. The van der Waals surface area contributed by atoms with E-state index in [1.165, 1.54) is 0 Å². The van der Waals surface area contributed by atoms with Crippen molar-refractivity contribution in [1.29, 1.82) is 0 Å². The summed E-state index contributed by atoms with van der Waals surface area (Å²) in [5, 5.41) is 3.25. The molecule has 0 saturated heterocycles. The molecular weight excluding hydrogens is 200 g/mol. The molecule has 86 valence electrons. The normalized spacial score (nSPS) is 19.0. The minimum Gasteiger partial charge on any atom is -0.310 e. The number of fused-ring (bicyclic) bond motifs is 1. The van der Waals surface area contributed by atoms with E-state index in [0.717, 1.165) is 30.8 Å². The smallest absolute Gasteiger partial charge is 0.248 e. The highest BCUT2D eigenvalue weighted by molar-refractivity contribution is 6.04. The number of para-hydroxylation sites is 1. The van der Waals surface area contributed by atoms with Gasteiger partial charge < -0.3 is 10.2 Å². The van der Waals surface area contributed by atoms with E-state index < -0.39 is 0 Å². The largest absolute Gasteiger partial charge is 0.310 e. The van der Waals surface area contributed by atoms with E-state index in [2.05, 4.69) is 12.2 Å². The summed E-state index contributed by atoms with van der Waals surface area (Å²) in [6.45, 7) is 5.73. The van der Waals surface area contributed by atoms with Crippen LogP contribution in [0.2, 0.25) is 0 Å². The summed E-state index contributed by atoms with van der Waals surface area (Å²) in [5.41, 5.74) is 2.18. The second kappa shape index (κ2) is 4.66. The molecule has 0 fully saturated rings. The van der Waals surface area contributed by atoms with Crippen molar-refractivity contribution in [3.05, 3.63) is 29.8 Å². The molecule has 1 N–H and O–H groups in total. The molecule has 0 spiro atoms. The molecule has 0 saturated carbocycles. The van der Waals surface area contributed by atoms with Gasteiger partial charge in [-0.2, -0.15) is 0 Å². The summed E-state index contributed by atoms with van der Waals surface area (Å²) < 4.78 is 0. The van der Waals surface area contributed by atoms with Gasteiger partial charge in [-0.1, -0.05) is 32.0 Å². The van der Waals surface area contributed by atoms with Crippen molar-refractivity contribution in [2.45, 2.75) is 26.3 Å². The standard InChI is InChI=1S/C13H18N2O/c1-3-9-15-11-8-6-5-7-10(11)12(13(15)16)14-4-2/h5-8,12,14H,3-4,9H2,1-2H3. The van der Waals surface area contributed by atoms with Gasteiger partial charge in [-0.05, 0) is 19.0 Å². The Balaban J connectivity index is 2.36. The lowest BCUT2D eigenvalue weighted by atomic mass is 10.1. The molecule has 2 rings (SSSR count). The maximum Gasteiger partial charge on any atom is 0.248 e. The zero-order valence-corrected chi connectivity index (χ0v) is 9.86. The minimum absolute atomic E-state index is 0.146. The molecule has 0 aromatic heterocycles. The van der Waals surface area contributed by atoms with Crippen LogP contribution >= 0.6 is 0 Å². The summed E-state index contributed by atoms with van der Waals surface area (Å²) in [4.78, 5) is 14.1. The Morgan fingerprint density at radius 2 is 2.06 bits per heavy atom. The summed E-state index contributed by atoms with van der Waals surface area (Å²) in [6.07, 6.45) is 0.985. The predicted octanol–water partition coefficient (Wildman–Crippen LogP) is 2.09. The summed E-state index contributed by atoms with van der Waals surface area (Å²) in [5.74, 6) is 0.185. The first-order chi connectivity index (χ1) is 7.79. The molecule has 1 heterocycles. The Morgan fingerprint density at radius 3 is 2.75 bits per heavy atom. The fraction of sp³-hybridized carbons (Fsp3) is 0.462. The van der Waals surface area contributed by atoms with Crippen molar-refractivity contribution in [3.63, 3.8) is 0 Å². The van der Waals surface area contributed by atoms with E-state index in [1.54, 1.807) is 0 Å². The molecule has 0 radical (unpaired) electrons. The number of rotatable bonds is 4. The Bertz CT molecular complexity index is 354. The Kier molecular flexibility index (Phi) is 3.25. The van der Waals surface area contributed by atoms with Crippen LogP contribution in [0.25, 0.3) is 0 Å². The zero-order valence-electron chi connectivity index (χ0n) is 9.86. The maximum absolute atomic E-state index is 12.2. The van der Waals surface area contributed by atoms with Gasteiger partial charge in [0, 0.05) is 17.8 Å². The molecule has 1 amide bonds. The Labute approximate surface area is 96.5 Å². The van der Waals surface area contributed by atoms with Crippen molar-refractivity contribution in [1.82, 2.24) is 5.32 Å². The number of hydrogen-bond donors (Lipinski definition) is 1. The van der Waals surface area contributed by atoms with Crippen LogP contribution in [0, 0.1) is 0 Å². The van der Waals surface area contributed by atoms with Gasteiger partial charge in [0.15, 0.2) is 0 Å². The monoisotopic (exact) mass is 218 g/mol. The second-order valence-corrected chi connectivity index (χ2v) is 4.04. The molecular formula is C13H18N2O. The number of amides is 1. The van der Waals surface area contributed by atoms with Gasteiger partial charge in [0.1, 0.15) is 6.04 Å². The fourth-order valence-corrected chi connectivity index (χ4v) is 2.24. The van der Waals surface area contributed by atoms with Gasteiger partial charge in [0.25, 0.3) is 0 Å². The highest BCUT2D eigenvalue weighted by atomic mass is 16.2. The lowest BCUT2D eigenvalue weighted by Crippen LogP contribution is -2.35. The molecule has 1 aliphatic rings. The number of carbonyl (C=O) groups excluding carboxylic acids is 1. The molecule has 1 atom stereocenters. The van der Waals surface area contributed by atoms with Gasteiger partial charge in [0.05, 0.1) is 0 Å². The van der Waals surface area contributed by atoms with Gasteiger partial charge in [0.2, 0.25) is 5.91 Å². The van der Waals surface area contributed by atoms with E-state index in [1.807, 2.05) is 36.1 Å². The van der Waals surface area contributed by atoms with E-state index in [4.69, 9.17) is 0 Å². The predicted molar refractivity (Wildman–Crippen MR) is 65.5 cm³/mol. The quantitative estimate of drug-likeness (QED) is 0.839. The number of anilines is 1. The summed E-state index contributed by atoms with van der Waals surface area (Å²) >= 11 is 0. The molecule has 0 bridgehead atoms. The van der Waals surface area contributed by atoms with Crippen LogP contribution in [0.15, 0.2) is 24.3 Å². The molecule has 16 heavy (non-hydrogen) atoms. The van der Waals surface area contributed by atoms with Gasteiger partial charge in [-0.25, -0.2) is 0 Å². The van der Waals surface area contributed by atoms with Crippen molar-refractivity contribution >= 4 is 11.6 Å². The third kappa shape index (κ3) is 1.71. The van der Waals surface area contributed by atoms with Crippen LogP contribution in [0.4, 0.5) is 5.69 Å². The van der Waals surface area contributed by atoms with Gasteiger partial charge in [-0.3, -0.25) is 4.79 Å². The number of benzene rings is 1. The van der Waals surface area contributed by atoms with E-state index in [0.29, 0.717) is 0 Å². The van der Waals surface area contributed by atoms with Crippen LogP contribution in [-0.4, -0.2) is 19.0 Å². The van der Waals surface area contributed by atoms with Crippen LogP contribution in [0.5, 0.6) is 0 Å². The van der Waals surface area contributed by atoms with Crippen LogP contribution in [-0.2, 0) is 4.79 Å². The zero-order chi connectivity index (χ0) is 11.5. The average Bonchev–Trinajstić information content (AvgIpc) is 2.56. The molecule has 1 aromatic carbocycles. The van der Waals surface area contributed by atoms with E-state index in [-0.39, 0.29) is 11.9 Å². The van der Waals surface area contributed by atoms with E-state index >= 15 is 0 Å². The third-order valence-corrected chi connectivity index (χ3v) is 2.91. The van der Waals surface area contributed by atoms with Crippen molar-refractivity contribution < 1.29 is 4.79 Å². The molecule has 1 aromatic rings. The number of nitrogens with zero attached hydrogens (tertiary/aromatic N) is 1. The first-order valence-corrected chi connectivity index (χ1v) is 5.93. The number of nitrogens with one attached hydrogen (secondary N) is 1. The van der Waals surface area contributed by atoms with Gasteiger partial charge in [-0.15, -0.1) is 0 Å². The van der Waals surface area contributed by atoms with Crippen LogP contribution in [0.3, 0.4) is 0 Å². The Morgan fingerprint density at radius 1 is 1.31 bits per heavy atom. The molecule has 0 aliphatic carbocycles. The molecule has 1 unspecified atom stereocenters. The number of carbonyl (C=O) groups is 1. The van der Waals surface area contributed by atoms with Crippen molar-refractivity contribution in [2.75, 3.05) is 18.0 Å².